The standard InChI is InChI=1S/C24H35N7O5/c1-13(2)9-17(25)22(34)29-12-20(32)31-18(5-4-8-28-24(26)27)23(35)30-15-6-7-16-14(3)10-21(33)36-19(16)11-15/h6-7,10-11,13,17-18H,4-5,8-9,12,25H2,1-3H3,(H,29,34)(H,30,35)(H,31,32)(H4,26,27,28)/t17-,18-/m0/s1. The number of hydrogen-bond acceptors (Lipinski definition) is 7. The summed E-state index contributed by atoms with van der Waals surface area (Å²) in [7, 11) is 0. The SMILES string of the molecule is Cc1cc(=O)oc2cc(NC(=O)[C@H](CCCNC(=N)N)NC(=O)CNC(=O)[C@@H](N)CC(C)C)ccc12. The molecule has 0 unspecified atom stereocenters. The van der Waals surface area contributed by atoms with Gasteiger partial charge in [0.15, 0.2) is 5.96 Å². The minimum Gasteiger partial charge on any atom is -0.423 e. The Morgan fingerprint density at radius 3 is 2.50 bits per heavy atom. The molecule has 12 nitrogen and oxygen atoms in total. The lowest BCUT2D eigenvalue weighted by atomic mass is 10.0. The van der Waals surface area contributed by atoms with Crippen LogP contribution in [-0.2, 0) is 14.4 Å². The van der Waals surface area contributed by atoms with Crippen molar-refractivity contribution in [1.29, 1.82) is 5.41 Å². The second-order valence-electron chi connectivity index (χ2n) is 9.01. The first-order valence-electron chi connectivity index (χ1n) is 11.7. The summed E-state index contributed by atoms with van der Waals surface area (Å²) in [5, 5.41) is 18.4. The van der Waals surface area contributed by atoms with Crippen molar-refractivity contribution in [2.24, 2.45) is 17.4 Å². The van der Waals surface area contributed by atoms with Gasteiger partial charge in [-0.05, 0) is 49.8 Å². The summed E-state index contributed by atoms with van der Waals surface area (Å²) in [6.45, 7) is 5.66. The van der Waals surface area contributed by atoms with E-state index in [2.05, 4.69) is 21.3 Å². The molecule has 0 saturated carbocycles. The molecule has 1 aromatic carbocycles. The molecule has 0 aliphatic heterocycles. The molecule has 2 rings (SSSR count). The highest BCUT2D eigenvalue weighted by Gasteiger charge is 2.22. The Morgan fingerprint density at radius 1 is 1.11 bits per heavy atom. The number of aryl methyl sites for hydroxylation is 1. The monoisotopic (exact) mass is 501 g/mol. The first-order valence-corrected chi connectivity index (χ1v) is 11.7. The fourth-order valence-corrected chi connectivity index (χ4v) is 3.59. The number of rotatable bonds is 12. The molecule has 0 fully saturated rings. The van der Waals surface area contributed by atoms with Crippen molar-refractivity contribution in [3.05, 3.63) is 40.2 Å². The molecule has 0 spiro atoms. The fourth-order valence-electron chi connectivity index (χ4n) is 3.59. The van der Waals surface area contributed by atoms with Gasteiger partial charge in [-0.25, -0.2) is 4.79 Å². The van der Waals surface area contributed by atoms with Gasteiger partial charge in [-0.3, -0.25) is 19.8 Å². The number of hydrogen-bond donors (Lipinski definition) is 7. The summed E-state index contributed by atoms with van der Waals surface area (Å²) >= 11 is 0. The molecule has 2 atom stereocenters. The maximum absolute atomic E-state index is 13.0. The van der Waals surface area contributed by atoms with Crippen LogP contribution in [0.25, 0.3) is 11.0 Å². The van der Waals surface area contributed by atoms with Crippen molar-refractivity contribution in [2.75, 3.05) is 18.4 Å². The van der Waals surface area contributed by atoms with E-state index in [-0.39, 0.29) is 24.8 Å². The Hall–Kier alpha value is -3.93. The van der Waals surface area contributed by atoms with E-state index in [0.717, 1.165) is 10.9 Å². The Kier molecular flexibility index (Phi) is 10.4. The van der Waals surface area contributed by atoms with E-state index < -0.39 is 35.4 Å². The maximum Gasteiger partial charge on any atom is 0.336 e. The van der Waals surface area contributed by atoms with E-state index >= 15 is 0 Å². The molecule has 0 aliphatic rings. The molecule has 0 saturated heterocycles. The van der Waals surface area contributed by atoms with Crippen molar-refractivity contribution in [3.63, 3.8) is 0 Å². The van der Waals surface area contributed by atoms with Crippen LogP contribution < -0.4 is 38.4 Å². The molecule has 2 aromatic rings. The maximum atomic E-state index is 13.0. The van der Waals surface area contributed by atoms with Gasteiger partial charge in [0.2, 0.25) is 17.7 Å². The predicted octanol–water partition coefficient (Wildman–Crippen LogP) is 0.278. The van der Waals surface area contributed by atoms with Gasteiger partial charge in [-0.2, -0.15) is 0 Å². The third-order valence-corrected chi connectivity index (χ3v) is 5.34. The molecule has 9 N–H and O–H groups in total. The van der Waals surface area contributed by atoms with Gasteiger partial charge in [0.25, 0.3) is 0 Å². The summed E-state index contributed by atoms with van der Waals surface area (Å²) < 4.78 is 5.22. The molecule has 1 heterocycles. The number of nitrogens with two attached hydrogens (primary N) is 2. The Balaban J connectivity index is 2.06. The zero-order valence-corrected chi connectivity index (χ0v) is 20.8. The number of benzene rings is 1. The third kappa shape index (κ3) is 9.02. The summed E-state index contributed by atoms with van der Waals surface area (Å²) in [4.78, 5) is 49.3. The lowest BCUT2D eigenvalue weighted by Gasteiger charge is -2.20. The second-order valence-corrected chi connectivity index (χ2v) is 9.01. The summed E-state index contributed by atoms with van der Waals surface area (Å²) in [5.41, 5.74) is 12.1. The first kappa shape index (κ1) is 28.3. The minimum absolute atomic E-state index is 0.201. The molecule has 36 heavy (non-hydrogen) atoms. The van der Waals surface area contributed by atoms with Crippen LogP contribution >= 0.6 is 0 Å². The van der Waals surface area contributed by atoms with Crippen molar-refractivity contribution in [2.45, 2.75) is 52.1 Å². The van der Waals surface area contributed by atoms with E-state index in [1.165, 1.54) is 12.1 Å². The molecule has 0 radical (unpaired) electrons. The van der Waals surface area contributed by atoms with Crippen molar-refractivity contribution >= 4 is 40.3 Å². The largest absolute Gasteiger partial charge is 0.423 e. The van der Waals surface area contributed by atoms with Gasteiger partial charge in [0, 0.05) is 29.8 Å². The molecule has 3 amide bonds. The van der Waals surface area contributed by atoms with Crippen LogP contribution in [0, 0.1) is 18.3 Å². The molecular weight excluding hydrogens is 466 g/mol. The van der Waals surface area contributed by atoms with Gasteiger partial charge < -0.3 is 37.2 Å². The van der Waals surface area contributed by atoms with Gasteiger partial charge in [0.05, 0.1) is 12.6 Å². The topological polar surface area (TPSA) is 205 Å². The highest BCUT2D eigenvalue weighted by molar-refractivity contribution is 5.99. The van der Waals surface area contributed by atoms with Gasteiger partial charge in [-0.1, -0.05) is 13.8 Å². The molecule has 12 heteroatoms. The number of amides is 3. The van der Waals surface area contributed by atoms with Gasteiger partial charge >= 0.3 is 5.63 Å². The fraction of sp³-hybridized carbons (Fsp3) is 0.458. The lowest BCUT2D eigenvalue weighted by Crippen LogP contribution is -2.50. The van der Waals surface area contributed by atoms with Gasteiger partial charge in [-0.15, -0.1) is 0 Å². The van der Waals surface area contributed by atoms with Crippen LogP contribution in [0.3, 0.4) is 0 Å². The van der Waals surface area contributed by atoms with Crippen molar-refractivity contribution in [1.82, 2.24) is 16.0 Å². The number of fused-ring (bicyclic) bond motifs is 1. The van der Waals surface area contributed by atoms with Crippen LogP contribution in [0.15, 0.2) is 33.5 Å². The predicted molar refractivity (Wildman–Crippen MR) is 137 cm³/mol. The highest BCUT2D eigenvalue weighted by atomic mass is 16.4. The van der Waals surface area contributed by atoms with Crippen LogP contribution in [0.4, 0.5) is 5.69 Å². The van der Waals surface area contributed by atoms with Crippen LogP contribution in [0.1, 0.15) is 38.7 Å². The summed E-state index contributed by atoms with van der Waals surface area (Å²) in [6, 6.07) is 4.64. The number of carbonyl (C=O) groups is 3. The molecule has 1 aromatic heterocycles. The zero-order valence-electron chi connectivity index (χ0n) is 20.8. The molecule has 196 valence electrons. The van der Waals surface area contributed by atoms with Crippen LogP contribution in [0.5, 0.6) is 0 Å². The van der Waals surface area contributed by atoms with E-state index in [9.17, 15) is 19.2 Å². The lowest BCUT2D eigenvalue weighted by molar-refractivity contribution is -0.128. The van der Waals surface area contributed by atoms with E-state index in [1.54, 1.807) is 19.1 Å². The van der Waals surface area contributed by atoms with Crippen LogP contribution in [-0.4, -0.2) is 48.9 Å². The summed E-state index contributed by atoms with van der Waals surface area (Å²) in [6.07, 6.45) is 1.14. The number of nitrogens with one attached hydrogen (secondary N) is 5. The Labute approximate surface area is 209 Å². The first-order chi connectivity index (χ1) is 17.0. The van der Waals surface area contributed by atoms with Crippen LogP contribution in [0.2, 0.25) is 0 Å². The second kappa shape index (κ2) is 13.2. The quantitative estimate of drug-likeness (QED) is 0.0928. The van der Waals surface area contributed by atoms with Crippen molar-refractivity contribution in [3.8, 4) is 0 Å². The van der Waals surface area contributed by atoms with Gasteiger partial charge in [0.1, 0.15) is 11.6 Å². The highest BCUT2D eigenvalue weighted by Crippen LogP contribution is 2.21. The molecular formula is C24H35N7O5. The van der Waals surface area contributed by atoms with E-state index in [0.29, 0.717) is 30.7 Å². The van der Waals surface area contributed by atoms with Crippen molar-refractivity contribution < 1.29 is 18.8 Å². The Morgan fingerprint density at radius 2 is 1.83 bits per heavy atom. The number of carbonyl (C=O) groups excluding carboxylic acids is 3. The smallest absolute Gasteiger partial charge is 0.336 e. The third-order valence-electron chi connectivity index (χ3n) is 5.34. The summed E-state index contributed by atoms with van der Waals surface area (Å²) in [5.74, 6) is -1.47. The minimum atomic E-state index is -0.937. The molecule has 0 aliphatic carbocycles. The Bertz CT molecular complexity index is 1160. The zero-order chi connectivity index (χ0) is 26.8. The average Bonchev–Trinajstić information content (AvgIpc) is 2.78. The number of guanidine groups is 1. The molecule has 0 bridgehead atoms. The number of anilines is 1. The van der Waals surface area contributed by atoms with E-state index in [1.807, 2.05) is 13.8 Å². The average molecular weight is 502 g/mol. The van der Waals surface area contributed by atoms with E-state index in [4.69, 9.17) is 21.3 Å². The normalized spacial score (nSPS) is 12.6.